The van der Waals surface area contributed by atoms with Gasteiger partial charge in [0, 0.05) is 0 Å². The molecule has 0 aromatic carbocycles. The van der Waals surface area contributed by atoms with E-state index >= 15 is 0 Å². The Labute approximate surface area is 68.7 Å². The molecule has 7 heteroatoms. The van der Waals surface area contributed by atoms with E-state index in [4.69, 9.17) is 16.2 Å². The molecule has 0 aromatic heterocycles. The van der Waals surface area contributed by atoms with Gasteiger partial charge in [0.1, 0.15) is 0 Å². The van der Waals surface area contributed by atoms with Crippen LogP contribution in [0.4, 0.5) is 0 Å². The van der Waals surface area contributed by atoms with Gasteiger partial charge in [0.25, 0.3) is 0 Å². The summed E-state index contributed by atoms with van der Waals surface area (Å²) in [6.07, 6.45) is 0.876. The molecule has 0 spiro atoms. The predicted molar refractivity (Wildman–Crippen MR) is 39.4 cm³/mol. The summed E-state index contributed by atoms with van der Waals surface area (Å²) in [4.78, 5) is 0. The molecule has 0 aliphatic carbocycles. The molecular weight excluding hydrogens is 166 g/mol. The molecule has 0 unspecified atom stereocenters. The van der Waals surface area contributed by atoms with E-state index in [2.05, 4.69) is 18.9 Å². The Bertz CT molecular complexity index is 145. The van der Waals surface area contributed by atoms with E-state index in [9.17, 15) is 0 Å². The quantitative estimate of drug-likeness (QED) is 0.230. The Morgan fingerprint density at radius 1 is 1.00 bits per heavy atom. The molecule has 7 nitrogen and oxygen atoms in total. The van der Waals surface area contributed by atoms with Gasteiger partial charge in [-0.3, -0.25) is 10.8 Å². The van der Waals surface area contributed by atoms with Crippen molar-refractivity contribution in [2.45, 2.75) is 0 Å². The standard InChI is InChI=1S/C5H9N3O4/c6-1-9-3-11-5(8)12-4-10-2-7/h1-2,6-8H,3-4H2. The molecule has 0 bridgehead atoms. The van der Waals surface area contributed by atoms with Crippen LogP contribution in [0.5, 0.6) is 0 Å². The number of hydrogen-bond acceptors (Lipinski definition) is 7. The Balaban J connectivity index is 3.21. The molecule has 0 saturated heterocycles. The zero-order valence-corrected chi connectivity index (χ0v) is 6.20. The fourth-order valence-corrected chi connectivity index (χ4v) is 0.285. The van der Waals surface area contributed by atoms with Crippen LogP contribution in [-0.2, 0) is 18.9 Å². The van der Waals surface area contributed by atoms with E-state index in [0.29, 0.717) is 12.8 Å². The Morgan fingerprint density at radius 2 is 1.42 bits per heavy atom. The van der Waals surface area contributed by atoms with Gasteiger partial charge in [-0.05, 0) is 0 Å². The van der Waals surface area contributed by atoms with Gasteiger partial charge >= 0.3 is 6.08 Å². The molecule has 0 aliphatic rings. The highest BCUT2D eigenvalue weighted by atomic mass is 16.8. The average molecular weight is 175 g/mol. The van der Waals surface area contributed by atoms with Crippen molar-refractivity contribution in [3.05, 3.63) is 0 Å². The van der Waals surface area contributed by atoms with Crippen LogP contribution < -0.4 is 0 Å². The Hall–Kier alpha value is -1.79. The van der Waals surface area contributed by atoms with Crippen LogP contribution in [0.2, 0.25) is 0 Å². The van der Waals surface area contributed by atoms with Crippen molar-refractivity contribution >= 4 is 18.9 Å². The maximum absolute atomic E-state index is 6.89. The van der Waals surface area contributed by atoms with Crippen LogP contribution >= 0.6 is 0 Å². The summed E-state index contributed by atoms with van der Waals surface area (Å²) in [6.45, 7) is -0.514. The largest absolute Gasteiger partial charge is 0.447 e. The Kier molecular flexibility index (Phi) is 6.23. The van der Waals surface area contributed by atoms with E-state index < -0.39 is 6.08 Å². The highest BCUT2D eigenvalue weighted by molar-refractivity contribution is 5.62. The smallest absolute Gasteiger partial charge is 0.386 e. The van der Waals surface area contributed by atoms with E-state index in [1.54, 1.807) is 0 Å². The number of nitrogens with one attached hydrogen (secondary N) is 3. The molecule has 0 heterocycles. The van der Waals surface area contributed by atoms with Gasteiger partial charge in [-0.2, -0.15) is 0 Å². The highest BCUT2D eigenvalue weighted by Crippen LogP contribution is 1.83. The van der Waals surface area contributed by atoms with Crippen molar-refractivity contribution < 1.29 is 18.9 Å². The van der Waals surface area contributed by atoms with Crippen molar-refractivity contribution in [1.82, 2.24) is 0 Å². The van der Waals surface area contributed by atoms with Crippen LogP contribution in [0.25, 0.3) is 0 Å². The number of hydrogen-bond donors (Lipinski definition) is 3. The molecule has 0 aliphatic heterocycles. The summed E-state index contributed by atoms with van der Waals surface area (Å²) in [6, 6.07) is 0. The fraction of sp³-hybridized carbons (Fsp3) is 0.400. The monoisotopic (exact) mass is 175 g/mol. The number of rotatable bonds is 6. The lowest BCUT2D eigenvalue weighted by Crippen LogP contribution is -2.12. The molecule has 0 saturated carbocycles. The minimum Gasteiger partial charge on any atom is -0.447 e. The average Bonchev–Trinajstić information content (AvgIpc) is 2.06. The lowest BCUT2D eigenvalue weighted by atomic mass is 11.2. The third-order valence-corrected chi connectivity index (χ3v) is 0.683. The van der Waals surface area contributed by atoms with Gasteiger partial charge in [-0.1, -0.05) is 0 Å². The maximum atomic E-state index is 6.89. The molecule has 12 heavy (non-hydrogen) atoms. The van der Waals surface area contributed by atoms with Crippen molar-refractivity contribution in [3.63, 3.8) is 0 Å². The van der Waals surface area contributed by atoms with Crippen molar-refractivity contribution in [2.75, 3.05) is 13.6 Å². The van der Waals surface area contributed by atoms with E-state index in [-0.39, 0.29) is 13.6 Å². The summed E-state index contributed by atoms with van der Waals surface area (Å²) < 4.78 is 17.6. The van der Waals surface area contributed by atoms with Crippen LogP contribution in [0, 0.1) is 16.2 Å². The van der Waals surface area contributed by atoms with Gasteiger partial charge in [-0.25, -0.2) is 5.41 Å². The predicted octanol–water partition coefficient (Wildman–Crippen LogP) is 0.117. The van der Waals surface area contributed by atoms with Crippen molar-refractivity contribution in [2.24, 2.45) is 0 Å². The molecule has 0 rings (SSSR count). The minimum atomic E-state index is -0.487. The first-order chi connectivity index (χ1) is 5.81. The summed E-state index contributed by atoms with van der Waals surface area (Å²) in [5, 5.41) is 19.7. The van der Waals surface area contributed by atoms with Crippen molar-refractivity contribution in [3.8, 4) is 0 Å². The maximum Gasteiger partial charge on any atom is 0.386 e. The molecule has 0 atom stereocenters. The van der Waals surface area contributed by atoms with E-state index in [1.807, 2.05) is 0 Å². The van der Waals surface area contributed by atoms with E-state index in [1.165, 1.54) is 0 Å². The van der Waals surface area contributed by atoms with Crippen LogP contribution in [0.3, 0.4) is 0 Å². The summed E-state index contributed by atoms with van der Waals surface area (Å²) in [5.41, 5.74) is 0. The normalized spacial score (nSPS) is 8.00. The molecule has 0 amide bonds. The second-order valence-electron chi connectivity index (χ2n) is 1.38. The fourth-order valence-electron chi connectivity index (χ4n) is 0.285. The Morgan fingerprint density at radius 3 is 1.75 bits per heavy atom. The second kappa shape index (κ2) is 7.32. The summed E-state index contributed by atoms with van der Waals surface area (Å²) in [5.74, 6) is 0. The SMILES string of the molecule is N=COCOC(=N)OCOC=N. The van der Waals surface area contributed by atoms with E-state index in [0.717, 1.165) is 0 Å². The second-order valence-corrected chi connectivity index (χ2v) is 1.38. The summed E-state index contributed by atoms with van der Waals surface area (Å²) in [7, 11) is 0. The third-order valence-electron chi connectivity index (χ3n) is 0.683. The van der Waals surface area contributed by atoms with Gasteiger partial charge in [0.2, 0.25) is 13.6 Å². The molecule has 0 aromatic rings. The van der Waals surface area contributed by atoms with Gasteiger partial charge in [0.15, 0.2) is 12.8 Å². The molecule has 0 radical (unpaired) electrons. The van der Waals surface area contributed by atoms with Crippen LogP contribution in [0.15, 0.2) is 0 Å². The van der Waals surface area contributed by atoms with Crippen molar-refractivity contribution in [1.29, 1.82) is 16.2 Å². The first kappa shape index (κ1) is 10.2. The van der Waals surface area contributed by atoms with Crippen LogP contribution in [0.1, 0.15) is 0 Å². The van der Waals surface area contributed by atoms with Gasteiger partial charge < -0.3 is 18.9 Å². The lowest BCUT2D eigenvalue weighted by Gasteiger charge is -2.06. The van der Waals surface area contributed by atoms with Crippen LogP contribution in [-0.4, -0.2) is 32.5 Å². The summed E-state index contributed by atoms with van der Waals surface area (Å²) >= 11 is 0. The molecule has 0 fully saturated rings. The topological polar surface area (TPSA) is 108 Å². The number of ether oxygens (including phenoxy) is 4. The first-order valence-corrected chi connectivity index (χ1v) is 2.86. The molecule has 68 valence electrons. The highest BCUT2D eigenvalue weighted by Gasteiger charge is 1.96. The molecule has 3 N–H and O–H groups in total. The third kappa shape index (κ3) is 6.33. The molecular formula is C5H9N3O4. The lowest BCUT2D eigenvalue weighted by molar-refractivity contribution is 0.0205. The zero-order valence-electron chi connectivity index (χ0n) is 6.20. The first-order valence-electron chi connectivity index (χ1n) is 2.86. The zero-order chi connectivity index (χ0) is 9.23. The van der Waals surface area contributed by atoms with Gasteiger partial charge in [-0.15, -0.1) is 0 Å². The minimum absolute atomic E-state index is 0.257. The van der Waals surface area contributed by atoms with Gasteiger partial charge in [0.05, 0.1) is 0 Å².